The molecule has 0 saturated heterocycles. The van der Waals surface area contributed by atoms with E-state index in [1.165, 1.54) is 30.4 Å². The summed E-state index contributed by atoms with van der Waals surface area (Å²) in [5.41, 5.74) is 0.267. The molecule has 0 heterocycles. The molecule has 1 rings (SSSR count). The second kappa shape index (κ2) is 4.84. The van der Waals surface area contributed by atoms with Crippen molar-refractivity contribution >= 4 is 6.08 Å². The van der Waals surface area contributed by atoms with Crippen LogP contribution in [-0.2, 0) is 0 Å². The van der Waals surface area contributed by atoms with Crippen molar-refractivity contribution in [3.63, 3.8) is 0 Å². The van der Waals surface area contributed by atoms with E-state index >= 15 is 0 Å². The molecule has 0 aliphatic carbocycles. The smallest absolute Gasteiger partial charge is 0.405 e. The van der Waals surface area contributed by atoms with E-state index in [2.05, 4.69) is 4.74 Å². The van der Waals surface area contributed by atoms with Crippen LogP contribution in [0.25, 0.3) is 6.08 Å². The van der Waals surface area contributed by atoms with Crippen LogP contribution in [-0.4, -0.2) is 18.1 Å². The van der Waals surface area contributed by atoms with Crippen LogP contribution in [0.15, 0.2) is 30.3 Å². The number of para-hydroxylation sites is 1. The Balaban J connectivity index is 2.91. The van der Waals surface area contributed by atoms with Gasteiger partial charge in [0.15, 0.2) is 0 Å². The minimum Gasteiger partial charge on any atom is -0.405 e. The molecule has 0 aromatic heterocycles. The average molecular weight is 218 g/mol. The molecule has 1 aromatic rings. The van der Waals surface area contributed by atoms with E-state index in [9.17, 15) is 13.2 Å². The zero-order chi connectivity index (χ0) is 11.3. The lowest BCUT2D eigenvalue weighted by atomic mass is 10.2. The van der Waals surface area contributed by atoms with Crippen molar-refractivity contribution < 1.29 is 23.0 Å². The van der Waals surface area contributed by atoms with Gasteiger partial charge >= 0.3 is 6.36 Å². The van der Waals surface area contributed by atoms with E-state index in [4.69, 9.17) is 5.11 Å². The van der Waals surface area contributed by atoms with Crippen LogP contribution in [0.3, 0.4) is 0 Å². The molecule has 82 valence electrons. The number of aliphatic hydroxyl groups excluding tert-OH is 1. The van der Waals surface area contributed by atoms with Crippen molar-refractivity contribution in [2.24, 2.45) is 0 Å². The number of rotatable bonds is 3. The number of alkyl halides is 3. The van der Waals surface area contributed by atoms with Gasteiger partial charge in [-0.15, -0.1) is 13.2 Å². The van der Waals surface area contributed by atoms with Crippen molar-refractivity contribution in [2.45, 2.75) is 6.36 Å². The predicted octanol–water partition coefficient (Wildman–Crippen LogP) is 2.59. The monoisotopic (exact) mass is 218 g/mol. The van der Waals surface area contributed by atoms with Crippen LogP contribution in [0.4, 0.5) is 13.2 Å². The minimum absolute atomic E-state index is 0.236. The number of hydrogen-bond donors (Lipinski definition) is 1. The van der Waals surface area contributed by atoms with Gasteiger partial charge in [0, 0.05) is 5.56 Å². The first kappa shape index (κ1) is 11.6. The van der Waals surface area contributed by atoms with Crippen LogP contribution < -0.4 is 4.74 Å². The Hall–Kier alpha value is -1.49. The molecular weight excluding hydrogens is 209 g/mol. The van der Waals surface area contributed by atoms with Gasteiger partial charge < -0.3 is 9.84 Å². The molecule has 15 heavy (non-hydrogen) atoms. The van der Waals surface area contributed by atoms with Crippen LogP contribution in [0.1, 0.15) is 5.56 Å². The summed E-state index contributed by atoms with van der Waals surface area (Å²) in [5, 5.41) is 8.50. The maximum Gasteiger partial charge on any atom is 0.573 e. The number of halogens is 3. The first-order valence-corrected chi connectivity index (χ1v) is 4.15. The predicted molar refractivity (Wildman–Crippen MR) is 49.2 cm³/mol. The third-order valence-electron chi connectivity index (χ3n) is 1.55. The zero-order valence-electron chi connectivity index (χ0n) is 7.66. The van der Waals surface area contributed by atoms with E-state index in [1.807, 2.05) is 0 Å². The Labute approximate surface area is 84.6 Å². The molecule has 0 bridgehead atoms. The lowest BCUT2D eigenvalue weighted by Gasteiger charge is -2.10. The first-order valence-electron chi connectivity index (χ1n) is 4.15. The van der Waals surface area contributed by atoms with Gasteiger partial charge in [0.25, 0.3) is 0 Å². The van der Waals surface area contributed by atoms with Crippen molar-refractivity contribution in [3.05, 3.63) is 35.9 Å². The fourth-order valence-corrected chi connectivity index (χ4v) is 1.02. The molecule has 0 aliphatic rings. The van der Waals surface area contributed by atoms with E-state index in [0.29, 0.717) is 0 Å². The van der Waals surface area contributed by atoms with E-state index in [0.717, 1.165) is 0 Å². The SMILES string of the molecule is OC/C=C/c1ccccc1OC(F)(F)F. The summed E-state index contributed by atoms with van der Waals surface area (Å²) in [5.74, 6) is -0.283. The Morgan fingerprint density at radius 3 is 2.53 bits per heavy atom. The normalized spacial score (nSPS) is 12.0. The Bertz CT molecular complexity index is 345. The Morgan fingerprint density at radius 1 is 1.27 bits per heavy atom. The van der Waals surface area contributed by atoms with Crippen molar-refractivity contribution in [1.82, 2.24) is 0 Å². The summed E-state index contributed by atoms with van der Waals surface area (Å²) in [6.45, 7) is -0.236. The van der Waals surface area contributed by atoms with E-state index < -0.39 is 6.36 Å². The van der Waals surface area contributed by atoms with Crippen LogP contribution in [0.2, 0.25) is 0 Å². The number of aliphatic hydroxyl groups is 1. The largest absolute Gasteiger partial charge is 0.573 e. The number of hydrogen-bond acceptors (Lipinski definition) is 2. The standard InChI is InChI=1S/C10H9F3O2/c11-10(12,13)15-9-6-2-1-4-8(9)5-3-7-14/h1-6,14H,7H2/b5-3+. The molecule has 0 fully saturated rings. The molecule has 0 saturated carbocycles. The van der Waals surface area contributed by atoms with Gasteiger partial charge in [0.2, 0.25) is 0 Å². The van der Waals surface area contributed by atoms with Gasteiger partial charge in [0.1, 0.15) is 5.75 Å². The highest BCUT2D eigenvalue weighted by Crippen LogP contribution is 2.26. The van der Waals surface area contributed by atoms with Gasteiger partial charge in [0.05, 0.1) is 6.61 Å². The van der Waals surface area contributed by atoms with Gasteiger partial charge in [-0.1, -0.05) is 30.4 Å². The summed E-state index contributed by atoms with van der Waals surface area (Å²) in [6.07, 6.45) is -2.01. The molecule has 0 amide bonds. The Morgan fingerprint density at radius 2 is 1.93 bits per heavy atom. The molecule has 2 nitrogen and oxygen atoms in total. The Kier molecular flexibility index (Phi) is 3.74. The fraction of sp³-hybridized carbons (Fsp3) is 0.200. The molecule has 0 radical (unpaired) electrons. The highest BCUT2D eigenvalue weighted by molar-refractivity contribution is 5.57. The summed E-state index contributed by atoms with van der Waals surface area (Å²) in [7, 11) is 0. The molecule has 1 N–H and O–H groups in total. The van der Waals surface area contributed by atoms with Crippen LogP contribution >= 0.6 is 0 Å². The van der Waals surface area contributed by atoms with Crippen molar-refractivity contribution in [2.75, 3.05) is 6.61 Å². The first-order chi connectivity index (χ1) is 7.03. The van der Waals surface area contributed by atoms with Crippen molar-refractivity contribution in [1.29, 1.82) is 0 Å². The molecular formula is C10H9F3O2. The van der Waals surface area contributed by atoms with Gasteiger partial charge in [-0.3, -0.25) is 0 Å². The van der Waals surface area contributed by atoms with E-state index in [1.54, 1.807) is 6.07 Å². The lowest BCUT2D eigenvalue weighted by molar-refractivity contribution is -0.274. The molecule has 0 spiro atoms. The second-order valence-corrected chi connectivity index (χ2v) is 2.67. The summed E-state index contributed by atoms with van der Waals surface area (Å²) in [4.78, 5) is 0. The summed E-state index contributed by atoms with van der Waals surface area (Å²) < 4.78 is 39.6. The lowest BCUT2D eigenvalue weighted by Crippen LogP contribution is -2.17. The highest BCUT2D eigenvalue weighted by atomic mass is 19.4. The van der Waals surface area contributed by atoms with Crippen LogP contribution in [0, 0.1) is 0 Å². The third kappa shape index (κ3) is 4.03. The average Bonchev–Trinajstić information content (AvgIpc) is 2.14. The molecule has 0 aliphatic heterocycles. The zero-order valence-corrected chi connectivity index (χ0v) is 7.66. The molecule has 5 heteroatoms. The maximum absolute atomic E-state index is 11.9. The number of benzene rings is 1. The quantitative estimate of drug-likeness (QED) is 0.844. The van der Waals surface area contributed by atoms with Crippen LogP contribution in [0.5, 0.6) is 5.75 Å². The van der Waals surface area contributed by atoms with Gasteiger partial charge in [-0.25, -0.2) is 0 Å². The molecule has 1 aromatic carbocycles. The fourth-order valence-electron chi connectivity index (χ4n) is 1.02. The molecule has 0 unspecified atom stereocenters. The van der Waals surface area contributed by atoms with Gasteiger partial charge in [-0.2, -0.15) is 0 Å². The minimum atomic E-state index is -4.71. The highest BCUT2D eigenvalue weighted by Gasteiger charge is 2.31. The third-order valence-corrected chi connectivity index (χ3v) is 1.55. The van der Waals surface area contributed by atoms with Crippen molar-refractivity contribution in [3.8, 4) is 5.75 Å². The van der Waals surface area contributed by atoms with E-state index in [-0.39, 0.29) is 17.9 Å². The summed E-state index contributed by atoms with van der Waals surface area (Å²) in [6, 6.07) is 5.70. The van der Waals surface area contributed by atoms with Gasteiger partial charge in [-0.05, 0) is 6.07 Å². The maximum atomic E-state index is 11.9. The molecule has 0 atom stereocenters. The number of ether oxygens (including phenoxy) is 1. The second-order valence-electron chi connectivity index (χ2n) is 2.67. The summed E-state index contributed by atoms with van der Waals surface area (Å²) >= 11 is 0. The topological polar surface area (TPSA) is 29.5 Å².